The van der Waals surface area contributed by atoms with Crippen LogP contribution in [-0.2, 0) is 6.54 Å². The highest BCUT2D eigenvalue weighted by Gasteiger charge is 2.05. The van der Waals surface area contributed by atoms with Crippen LogP contribution < -0.4 is 15.2 Å². The molecule has 0 atom stereocenters. The van der Waals surface area contributed by atoms with Gasteiger partial charge in [0.25, 0.3) is 0 Å². The first-order valence-corrected chi connectivity index (χ1v) is 8.55. The molecule has 0 saturated carbocycles. The molecule has 1 aromatic heterocycles. The van der Waals surface area contributed by atoms with Crippen molar-refractivity contribution in [3.63, 3.8) is 0 Å². The van der Waals surface area contributed by atoms with Gasteiger partial charge in [0.2, 0.25) is 4.80 Å². The van der Waals surface area contributed by atoms with Gasteiger partial charge in [-0.15, -0.1) is 0 Å². The number of rotatable bonds is 4. The standard InChI is InChI=1S/C16H13Cl2N3O2S/c1-23-12-5-2-10(3-6-12)9-21-15(22)20-24-16(21)19-11-4-7-13(17)14(18)8-11/h2-8H,9H2,1H3,(H,20,22)/b19-16+. The number of H-pyrrole nitrogens is 1. The molecule has 0 amide bonds. The first-order valence-electron chi connectivity index (χ1n) is 6.98. The third-order valence-corrected chi connectivity index (χ3v) is 4.84. The number of benzene rings is 2. The maximum absolute atomic E-state index is 12.1. The van der Waals surface area contributed by atoms with E-state index in [2.05, 4.69) is 9.37 Å². The summed E-state index contributed by atoms with van der Waals surface area (Å²) in [5.74, 6) is 0.767. The number of hydrogen-bond donors (Lipinski definition) is 1. The van der Waals surface area contributed by atoms with Gasteiger partial charge in [0.15, 0.2) is 0 Å². The van der Waals surface area contributed by atoms with E-state index in [1.165, 1.54) is 11.5 Å². The number of hydrogen-bond acceptors (Lipinski definition) is 4. The van der Waals surface area contributed by atoms with E-state index in [0.717, 1.165) is 11.3 Å². The molecule has 0 aliphatic heterocycles. The van der Waals surface area contributed by atoms with Gasteiger partial charge in [0.1, 0.15) is 5.75 Å². The quantitative estimate of drug-likeness (QED) is 0.746. The molecular formula is C16H13Cl2N3O2S. The molecule has 0 saturated heterocycles. The largest absolute Gasteiger partial charge is 0.497 e. The number of aromatic nitrogens is 2. The molecule has 24 heavy (non-hydrogen) atoms. The predicted molar refractivity (Wildman–Crippen MR) is 96.7 cm³/mol. The summed E-state index contributed by atoms with van der Waals surface area (Å²) < 4.78 is 9.40. The summed E-state index contributed by atoms with van der Waals surface area (Å²) >= 11 is 13.1. The van der Waals surface area contributed by atoms with Gasteiger partial charge in [-0.2, -0.15) is 0 Å². The molecule has 0 spiro atoms. The molecule has 0 bridgehead atoms. The van der Waals surface area contributed by atoms with Crippen molar-refractivity contribution in [3.05, 3.63) is 73.4 Å². The Hall–Kier alpha value is -2.02. The first-order chi connectivity index (χ1) is 11.6. The van der Waals surface area contributed by atoms with Gasteiger partial charge in [0, 0.05) is 0 Å². The maximum Gasteiger partial charge on any atom is 0.337 e. The Morgan fingerprint density at radius 2 is 1.92 bits per heavy atom. The molecule has 0 aliphatic carbocycles. The van der Waals surface area contributed by atoms with Gasteiger partial charge < -0.3 is 4.74 Å². The lowest BCUT2D eigenvalue weighted by atomic mass is 10.2. The number of nitrogens with zero attached hydrogens (tertiary/aromatic N) is 2. The molecule has 5 nitrogen and oxygen atoms in total. The molecule has 1 heterocycles. The molecule has 0 radical (unpaired) electrons. The highest BCUT2D eigenvalue weighted by atomic mass is 35.5. The van der Waals surface area contributed by atoms with Crippen LogP contribution in [0.3, 0.4) is 0 Å². The van der Waals surface area contributed by atoms with Crippen LogP contribution >= 0.6 is 34.7 Å². The summed E-state index contributed by atoms with van der Waals surface area (Å²) in [5, 5.41) is 0.881. The highest BCUT2D eigenvalue weighted by molar-refractivity contribution is 7.02. The van der Waals surface area contributed by atoms with Gasteiger partial charge in [-0.05, 0) is 47.4 Å². The summed E-state index contributed by atoms with van der Waals surface area (Å²) in [4.78, 5) is 17.1. The van der Waals surface area contributed by atoms with Crippen LogP contribution in [-0.4, -0.2) is 16.1 Å². The summed E-state index contributed by atoms with van der Waals surface area (Å²) in [5.41, 5.74) is 1.38. The molecule has 8 heteroatoms. The van der Waals surface area contributed by atoms with Crippen molar-refractivity contribution in [2.24, 2.45) is 4.99 Å². The van der Waals surface area contributed by atoms with Crippen molar-refractivity contribution in [1.82, 2.24) is 8.94 Å². The molecule has 0 unspecified atom stereocenters. The lowest BCUT2D eigenvalue weighted by Gasteiger charge is -2.04. The molecular weight excluding hydrogens is 369 g/mol. The fourth-order valence-corrected chi connectivity index (χ4v) is 3.08. The van der Waals surface area contributed by atoms with E-state index in [4.69, 9.17) is 27.9 Å². The van der Waals surface area contributed by atoms with Crippen molar-refractivity contribution < 1.29 is 4.74 Å². The number of methoxy groups -OCH3 is 1. The minimum absolute atomic E-state index is 0.213. The third-order valence-electron chi connectivity index (χ3n) is 3.33. The monoisotopic (exact) mass is 381 g/mol. The van der Waals surface area contributed by atoms with Crippen LogP contribution in [0.5, 0.6) is 5.75 Å². The van der Waals surface area contributed by atoms with E-state index in [1.54, 1.807) is 29.9 Å². The zero-order valence-corrected chi connectivity index (χ0v) is 15.0. The van der Waals surface area contributed by atoms with Gasteiger partial charge >= 0.3 is 5.69 Å². The zero-order valence-electron chi connectivity index (χ0n) is 12.6. The maximum atomic E-state index is 12.1. The summed E-state index contributed by atoms with van der Waals surface area (Å²) in [6, 6.07) is 12.6. The van der Waals surface area contributed by atoms with Gasteiger partial charge in [-0.25, -0.2) is 9.79 Å². The number of nitrogens with one attached hydrogen (secondary N) is 1. The van der Waals surface area contributed by atoms with Crippen molar-refractivity contribution in [1.29, 1.82) is 0 Å². The number of halogens is 2. The van der Waals surface area contributed by atoms with Crippen LogP contribution in [0.1, 0.15) is 5.56 Å². The molecule has 0 fully saturated rings. The Labute approximate surface area is 151 Å². The first kappa shape index (κ1) is 16.8. The van der Waals surface area contributed by atoms with Gasteiger partial charge in [-0.1, -0.05) is 35.3 Å². The lowest BCUT2D eigenvalue weighted by Crippen LogP contribution is -2.26. The third kappa shape index (κ3) is 3.72. The van der Waals surface area contributed by atoms with E-state index < -0.39 is 0 Å². The van der Waals surface area contributed by atoms with E-state index in [0.29, 0.717) is 27.1 Å². The Morgan fingerprint density at radius 3 is 2.58 bits per heavy atom. The Morgan fingerprint density at radius 1 is 1.17 bits per heavy atom. The fraction of sp³-hybridized carbons (Fsp3) is 0.125. The second-order valence-electron chi connectivity index (χ2n) is 4.94. The highest BCUT2D eigenvalue weighted by Crippen LogP contribution is 2.26. The summed E-state index contributed by atoms with van der Waals surface area (Å²) in [6.45, 7) is 0.406. The number of ether oxygens (including phenoxy) is 1. The van der Waals surface area contributed by atoms with E-state index in [9.17, 15) is 4.79 Å². The van der Waals surface area contributed by atoms with E-state index in [-0.39, 0.29) is 5.69 Å². The summed E-state index contributed by atoms with van der Waals surface area (Å²) in [6.07, 6.45) is 0. The zero-order chi connectivity index (χ0) is 17.1. The Bertz CT molecular complexity index is 974. The average molecular weight is 382 g/mol. The second kappa shape index (κ2) is 7.25. The van der Waals surface area contributed by atoms with Gasteiger partial charge in [-0.3, -0.25) is 8.94 Å². The molecule has 2 aromatic carbocycles. The van der Waals surface area contributed by atoms with Crippen LogP contribution in [0.2, 0.25) is 10.0 Å². The molecule has 1 N–H and O–H groups in total. The molecule has 3 aromatic rings. The SMILES string of the molecule is COc1ccc(Cn2c(=O)[nH]s/c2=N/c2ccc(Cl)c(Cl)c2)cc1. The van der Waals surface area contributed by atoms with Crippen LogP contribution in [0.15, 0.2) is 52.3 Å². The van der Waals surface area contributed by atoms with Crippen molar-refractivity contribution in [3.8, 4) is 5.75 Å². The van der Waals surface area contributed by atoms with Crippen molar-refractivity contribution in [2.75, 3.05) is 7.11 Å². The molecule has 124 valence electrons. The van der Waals surface area contributed by atoms with E-state index in [1.807, 2.05) is 24.3 Å². The van der Waals surface area contributed by atoms with Crippen molar-refractivity contribution >= 4 is 40.4 Å². The average Bonchev–Trinajstić information content (AvgIpc) is 2.92. The minimum atomic E-state index is -0.213. The normalized spacial score (nSPS) is 11.7. The lowest BCUT2D eigenvalue weighted by molar-refractivity contribution is 0.414. The summed E-state index contributed by atoms with van der Waals surface area (Å²) in [7, 11) is 1.61. The van der Waals surface area contributed by atoms with Crippen molar-refractivity contribution in [2.45, 2.75) is 6.54 Å². The van der Waals surface area contributed by atoms with Crippen LogP contribution in [0.25, 0.3) is 0 Å². The Kier molecular flexibility index (Phi) is 5.08. The smallest absolute Gasteiger partial charge is 0.337 e. The second-order valence-corrected chi connectivity index (χ2v) is 6.52. The molecule has 3 rings (SSSR count). The molecule has 0 aliphatic rings. The number of aromatic amines is 1. The van der Waals surface area contributed by atoms with Gasteiger partial charge in [0.05, 0.1) is 29.4 Å². The topological polar surface area (TPSA) is 59.4 Å². The Balaban J connectivity index is 1.97. The van der Waals surface area contributed by atoms with E-state index >= 15 is 0 Å². The fourth-order valence-electron chi connectivity index (χ4n) is 2.09. The predicted octanol–water partition coefficient (Wildman–Crippen LogP) is 3.83. The van der Waals surface area contributed by atoms with Crippen LogP contribution in [0.4, 0.5) is 5.69 Å². The minimum Gasteiger partial charge on any atom is -0.497 e. The van der Waals surface area contributed by atoms with Crippen LogP contribution in [0, 0.1) is 0 Å².